The lowest BCUT2D eigenvalue weighted by Crippen LogP contribution is -2.42. The highest BCUT2D eigenvalue weighted by Crippen LogP contribution is 2.38. The van der Waals surface area contributed by atoms with E-state index in [0.29, 0.717) is 48.8 Å². The predicted octanol–water partition coefficient (Wildman–Crippen LogP) is 9.21. The van der Waals surface area contributed by atoms with Crippen LogP contribution in [-0.4, -0.2) is 57.8 Å². The molecule has 9 nitrogen and oxygen atoms in total. The molecule has 0 amide bonds. The van der Waals surface area contributed by atoms with E-state index < -0.39 is 17.6 Å². The number of aromatic nitrogens is 3. The minimum atomic E-state index is -0.504. The van der Waals surface area contributed by atoms with Crippen molar-refractivity contribution in [2.45, 2.75) is 83.1 Å². The number of halogens is 2. The van der Waals surface area contributed by atoms with E-state index in [-0.39, 0.29) is 5.56 Å². The number of piperidine rings is 2. The van der Waals surface area contributed by atoms with Gasteiger partial charge in [-0.3, -0.25) is 9.67 Å². The molecule has 58 heavy (non-hydrogen) atoms. The van der Waals surface area contributed by atoms with Crippen LogP contribution < -0.4 is 20.9 Å². The lowest BCUT2D eigenvalue weighted by molar-refractivity contribution is 0.272. The Morgan fingerprint density at radius 3 is 2.47 bits per heavy atom. The van der Waals surface area contributed by atoms with Gasteiger partial charge in [0.15, 0.2) is 0 Å². The van der Waals surface area contributed by atoms with E-state index in [1.165, 1.54) is 17.8 Å². The molecule has 4 aliphatic rings. The SMILES string of the molecule is C=C1CC[C@H](c2c(F)cc(CCNC3CCN(C(=C)c4ccc5c(c4)N4CCCCCCc6c(cnn6C)-c6cc(cc(C)n6)C(=C)/N=C/4N5)CC3)cc2F)C(=C)N1. The highest BCUT2D eigenvalue weighted by atomic mass is 19.1. The van der Waals surface area contributed by atoms with Crippen molar-refractivity contribution in [3.63, 3.8) is 0 Å². The van der Waals surface area contributed by atoms with Gasteiger partial charge in [-0.25, -0.2) is 13.8 Å². The summed E-state index contributed by atoms with van der Waals surface area (Å²) in [5.41, 5.74) is 12.1. The number of allylic oxidation sites excluding steroid dienone is 2. The van der Waals surface area contributed by atoms with Gasteiger partial charge in [0.2, 0.25) is 5.96 Å². The molecular formula is C47H55F2N9. The standard InChI is InChI=1S/C47H55F2N9/c1-29-12-14-38(32(4)52-29)46-40(48)24-34(25-41(46)49)16-19-50-37-17-21-57(22-18-37)33(5)35-13-15-42-45(27-35)58-20-10-8-7-9-11-44-39(28-51-56(44)6)43-26-36(23-30(2)53-43)31(3)54-47(58)55-42/h13,15,23-28,37-38,50,52H,1,3-5,7-12,14,16-22H2,2,6H3,(H,54,55)/t38-/m0/s1. The van der Waals surface area contributed by atoms with Crippen molar-refractivity contribution in [1.82, 2.24) is 30.3 Å². The summed E-state index contributed by atoms with van der Waals surface area (Å²) in [7, 11) is 2.01. The van der Waals surface area contributed by atoms with Gasteiger partial charge in [0.25, 0.3) is 0 Å². The monoisotopic (exact) mass is 783 g/mol. The number of anilines is 2. The molecule has 2 bridgehead atoms. The first-order chi connectivity index (χ1) is 28.0. The van der Waals surface area contributed by atoms with Gasteiger partial charge in [-0.05, 0) is 112 Å². The quantitative estimate of drug-likeness (QED) is 0.172. The van der Waals surface area contributed by atoms with Gasteiger partial charge in [-0.2, -0.15) is 5.10 Å². The Kier molecular flexibility index (Phi) is 11.3. The van der Waals surface area contributed by atoms with Crippen molar-refractivity contribution >= 4 is 28.7 Å². The molecule has 2 saturated heterocycles. The van der Waals surface area contributed by atoms with Crippen molar-refractivity contribution in [3.05, 3.63) is 132 Å². The Labute approximate surface area is 341 Å². The van der Waals surface area contributed by atoms with Gasteiger partial charge in [-0.1, -0.05) is 45.2 Å². The van der Waals surface area contributed by atoms with Gasteiger partial charge >= 0.3 is 0 Å². The first-order valence-electron chi connectivity index (χ1n) is 20.8. The third-order valence-corrected chi connectivity index (χ3v) is 12.2. The van der Waals surface area contributed by atoms with E-state index in [4.69, 9.17) is 9.98 Å². The molecule has 8 rings (SSSR count). The number of pyridine rings is 1. The third-order valence-electron chi connectivity index (χ3n) is 12.2. The number of fused-ring (bicyclic) bond motifs is 7. The molecule has 1 atom stereocenters. The highest BCUT2D eigenvalue weighted by molar-refractivity contribution is 6.16. The summed E-state index contributed by atoms with van der Waals surface area (Å²) in [6, 6.07) is 13.9. The number of hydrogen-bond acceptors (Lipinski definition) is 8. The van der Waals surface area contributed by atoms with E-state index in [1.54, 1.807) is 0 Å². The zero-order chi connectivity index (χ0) is 40.5. The van der Waals surface area contributed by atoms with E-state index in [0.717, 1.165) is 121 Å². The van der Waals surface area contributed by atoms with Crippen LogP contribution in [0.25, 0.3) is 22.7 Å². The number of aryl methyl sites for hydroxylation is 2. The molecule has 6 heterocycles. The van der Waals surface area contributed by atoms with Crippen molar-refractivity contribution in [1.29, 1.82) is 0 Å². The summed E-state index contributed by atoms with van der Waals surface area (Å²) in [5.74, 6) is -0.621. The maximum absolute atomic E-state index is 15.2. The van der Waals surface area contributed by atoms with Crippen LogP contribution in [0, 0.1) is 18.6 Å². The predicted molar refractivity (Wildman–Crippen MR) is 232 cm³/mol. The van der Waals surface area contributed by atoms with Gasteiger partial charge in [0.05, 0.1) is 29.0 Å². The van der Waals surface area contributed by atoms with E-state index >= 15 is 8.78 Å². The molecule has 0 spiro atoms. The number of benzene rings is 2. The molecule has 2 fully saturated rings. The molecule has 302 valence electrons. The maximum Gasteiger partial charge on any atom is 0.208 e. The van der Waals surface area contributed by atoms with Crippen LogP contribution in [-0.2, 0) is 19.9 Å². The highest BCUT2D eigenvalue weighted by Gasteiger charge is 2.29. The number of likely N-dealkylation sites (tertiary alicyclic amines) is 1. The molecule has 3 N–H and O–H groups in total. The van der Waals surface area contributed by atoms with Crippen LogP contribution in [0.3, 0.4) is 0 Å². The smallest absolute Gasteiger partial charge is 0.208 e. The second kappa shape index (κ2) is 16.7. The molecule has 4 aromatic rings. The topological polar surface area (TPSA) is 85.6 Å². The van der Waals surface area contributed by atoms with Crippen LogP contribution >= 0.6 is 0 Å². The lowest BCUT2D eigenvalue weighted by Gasteiger charge is -2.35. The van der Waals surface area contributed by atoms with Crippen LogP contribution in [0.5, 0.6) is 0 Å². The summed E-state index contributed by atoms with van der Waals surface area (Å²) in [6.45, 7) is 22.1. The first kappa shape index (κ1) is 39.3. The van der Waals surface area contributed by atoms with Gasteiger partial charge in [0, 0.05) is 83.8 Å². The fraction of sp³-hybridized carbons (Fsp3) is 0.383. The van der Waals surface area contributed by atoms with E-state index in [2.05, 4.69) is 81.4 Å². The van der Waals surface area contributed by atoms with Gasteiger partial charge in [0.1, 0.15) is 11.6 Å². The Morgan fingerprint density at radius 1 is 0.914 bits per heavy atom. The normalized spacial score (nSPS) is 19.9. The molecular weight excluding hydrogens is 729 g/mol. The number of hydrogen-bond donors (Lipinski definition) is 3. The summed E-state index contributed by atoms with van der Waals surface area (Å²) in [4.78, 5) is 14.6. The van der Waals surface area contributed by atoms with Crippen LogP contribution in [0.15, 0.2) is 91.4 Å². The van der Waals surface area contributed by atoms with Gasteiger partial charge < -0.3 is 25.8 Å². The zero-order valence-electron chi connectivity index (χ0n) is 33.9. The molecule has 0 radical (unpaired) electrons. The van der Waals surface area contributed by atoms with Crippen LogP contribution in [0.2, 0.25) is 0 Å². The summed E-state index contributed by atoms with van der Waals surface area (Å²) >= 11 is 0. The lowest BCUT2D eigenvalue weighted by atomic mass is 9.86. The Morgan fingerprint density at radius 2 is 1.69 bits per heavy atom. The molecule has 0 aliphatic carbocycles. The minimum Gasteiger partial charge on any atom is -0.371 e. The van der Waals surface area contributed by atoms with Crippen LogP contribution in [0.1, 0.15) is 90.9 Å². The fourth-order valence-electron chi connectivity index (χ4n) is 8.97. The molecule has 4 aliphatic heterocycles. The van der Waals surface area contributed by atoms with Crippen molar-refractivity contribution in [2.24, 2.45) is 12.0 Å². The van der Waals surface area contributed by atoms with E-state index in [9.17, 15) is 0 Å². The summed E-state index contributed by atoms with van der Waals surface area (Å²) in [5, 5.41) is 14.9. The van der Waals surface area contributed by atoms with E-state index in [1.807, 2.05) is 30.9 Å². The van der Waals surface area contributed by atoms with Crippen LogP contribution in [0.4, 0.5) is 20.2 Å². The van der Waals surface area contributed by atoms with Crippen molar-refractivity contribution in [3.8, 4) is 11.3 Å². The third kappa shape index (κ3) is 8.23. The molecule has 11 heteroatoms. The largest absolute Gasteiger partial charge is 0.371 e. The number of aliphatic imine (C=N–C) groups is 1. The average molecular weight is 784 g/mol. The fourth-order valence-corrected chi connectivity index (χ4v) is 8.97. The Hall–Kier alpha value is -5.55. The molecule has 2 aromatic carbocycles. The molecule has 0 unspecified atom stereocenters. The Bertz CT molecular complexity index is 2270. The second-order valence-corrected chi connectivity index (χ2v) is 16.3. The molecule has 0 saturated carbocycles. The van der Waals surface area contributed by atoms with Crippen molar-refractivity contribution in [2.75, 3.05) is 36.4 Å². The number of guanidine groups is 1. The van der Waals surface area contributed by atoms with Crippen molar-refractivity contribution < 1.29 is 8.78 Å². The number of rotatable bonds is 7. The summed E-state index contributed by atoms with van der Waals surface area (Å²) in [6.07, 6.45) is 11.0. The number of nitrogens with zero attached hydrogens (tertiary/aromatic N) is 6. The first-order valence-corrected chi connectivity index (χ1v) is 20.8. The minimum absolute atomic E-state index is 0.0990. The zero-order valence-corrected chi connectivity index (χ0v) is 33.9. The van der Waals surface area contributed by atoms with Gasteiger partial charge in [-0.15, -0.1) is 0 Å². The molecule has 2 aromatic heterocycles. The Balaban J connectivity index is 0.901. The second-order valence-electron chi connectivity index (χ2n) is 16.3. The number of nitrogens with one attached hydrogen (secondary N) is 3. The summed E-state index contributed by atoms with van der Waals surface area (Å²) < 4.78 is 32.4. The average Bonchev–Trinajstić information content (AvgIpc) is 3.74. The maximum atomic E-state index is 15.2.